The Morgan fingerprint density at radius 1 is 1.38 bits per heavy atom. The smallest absolute Gasteiger partial charge is 0.318 e. The van der Waals surface area contributed by atoms with E-state index in [4.69, 9.17) is 16.3 Å². The molecule has 11 heteroatoms. The van der Waals surface area contributed by atoms with Gasteiger partial charge in [0.25, 0.3) is 0 Å². The van der Waals surface area contributed by atoms with Crippen molar-refractivity contribution in [3.8, 4) is 17.4 Å². The van der Waals surface area contributed by atoms with E-state index < -0.39 is 5.82 Å². The molecule has 4 heterocycles. The van der Waals surface area contributed by atoms with Crippen molar-refractivity contribution in [1.82, 2.24) is 30.0 Å². The number of hydrogen-bond donors (Lipinski definition) is 1. The molecule has 1 unspecified atom stereocenters. The second kappa shape index (κ2) is 8.53. The Balaban J connectivity index is 1.62. The fraction of sp³-hybridized carbons (Fsp3) is 0.261. The van der Waals surface area contributed by atoms with Crippen LogP contribution >= 0.6 is 11.6 Å². The van der Waals surface area contributed by atoms with Crippen LogP contribution in [0.3, 0.4) is 0 Å². The molecule has 1 amide bonds. The molecule has 5 rings (SSSR count). The quantitative estimate of drug-likeness (QED) is 0.435. The van der Waals surface area contributed by atoms with Gasteiger partial charge in [0.05, 0.1) is 23.0 Å². The van der Waals surface area contributed by atoms with E-state index in [9.17, 15) is 4.79 Å². The second-order valence-corrected chi connectivity index (χ2v) is 8.40. The topological polar surface area (TPSA) is 100 Å². The molecule has 1 atom stereocenters. The summed E-state index contributed by atoms with van der Waals surface area (Å²) in [5, 5.41) is 8.54. The number of anilines is 1. The van der Waals surface area contributed by atoms with Gasteiger partial charge in [0.15, 0.2) is 5.82 Å². The summed E-state index contributed by atoms with van der Waals surface area (Å²) in [5.74, 6) is -0.318. The minimum Gasteiger partial charge on any atom is -0.467 e. The van der Waals surface area contributed by atoms with Crippen molar-refractivity contribution in [1.29, 1.82) is 0 Å². The van der Waals surface area contributed by atoms with Crippen molar-refractivity contribution in [3.63, 3.8) is 0 Å². The first-order valence-corrected chi connectivity index (χ1v) is 11.0. The number of likely N-dealkylation sites (tertiary alicyclic amines) is 1. The SMILES string of the molecule is C=CC(=O)N1CCC(N(C)c2nc(OC)nc3c(F)c(-c4n[nH]c5cccc(Cl)c45)ncc23)C1. The monoisotopic (exact) mass is 481 g/mol. The summed E-state index contributed by atoms with van der Waals surface area (Å²) in [7, 11) is 3.27. The van der Waals surface area contributed by atoms with Gasteiger partial charge in [0.2, 0.25) is 5.91 Å². The molecule has 1 saturated heterocycles. The lowest BCUT2D eigenvalue weighted by atomic mass is 10.1. The predicted molar refractivity (Wildman–Crippen MR) is 128 cm³/mol. The van der Waals surface area contributed by atoms with Gasteiger partial charge in [0, 0.05) is 37.8 Å². The summed E-state index contributed by atoms with van der Waals surface area (Å²) in [6.07, 6.45) is 3.56. The van der Waals surface area contributed by atoms with Crippen LogP contribution in [0.15, 0.2) is 37.1 Å². The second-order valence-electron chi connectivity index (χ2n) is 7.99. The highest BCUT2D eigenvalue weighted by Crippen LogP contribution is 2.36. The number of ether oxygens (including phenoxy) is 1. The van der Waals surface area contributed by atoms with Gasteiger partial charge in [-0.2, -0.15) is 15.1 Å². The van der Waals surface area contributed by atoms with Crippen molar-refractivity contribution >= 4 is 45.1 Å². The van der Waals surface area contributed by atoms with Gasteiger partial charge in [-0.15, -0.1) is 0 Å². The number of rotatable bonds is 5. The Bertz CT molecular complexity index is 1440. The van der Waals surface area contributed by atoms with Gasteiger partial charge < -0.3 is 14.5 Å². The van der Waals surface area contributed by atoms with Gasteiger partial charge in [-0.3, -0.25) is 14.9 Å². The molecule has 1 aliphatic rings. The molecule has 0 spiro atoms. The van der Waals surface area contributed by atoms with Gasteiger partial charge in [-0.05, 0) is 24.6 Å². The number of H-pyrrole nitrogens is 1. The number of likely N-dealkylation sites (N-methyl/N-ethyl adjacent to an activating group) is 1. The van der Waals surface area contributed by atoms with E-state index in [1.165, 1.54) is 19.4 Å². The number of carbonyl (C=O) groups excluding carboxylic acids is 1. The first kappa shape index (κ1) is 22.0. The Labute approximate surface area is 199 Å². The van der Waals surface area contributed by atoms with Crippen LogP contribution in [0, 0.1) is 5.82 Å². The molecule has 34 heavy (non-hydrogen) atoms. The first-order chi connectivity index (χ1) is 16.4. The van der Waals surface area contributed by atoms with E-state index in [2.05, 4.69) is 31.7 Å². The van der Waals surface area contributed by atoms with Crippen molar-refractivity contribution < 1.29 is 13.9 Å². The maximum absolute atomic E-state index is 15.9. The maximum atomic E-state index is 15.9. The van der Waals surface area contributed by atoms with Crippen LogP contribution in [-0.2, 0) is 4.79 Å². The number of hydrogen-bond acceptors (Lipinski definition) is 7. The molecule has 4 aromatic rings. The lowest BCUT2D eigenvalue weighted by Crippen LogP contribution is -2.36. The normalized spacial score (nSPS) is 15.8. The number of aromatic nitrogens is 5. The maximum Gasteiger partial charge on any atom is 0.318 e. The summed E-state index contributed by atoms with van der Waals surface area (Å²) >= 11 is 6.36. The fourth-order valence-electron chi connectivity index (χ4n) is 4.31. The van der Waals surface area contributed by atoms with E-state index in [-0.39, 0.29) is 29.2 Å². The molecular formula is C23H21ClFN7O2. The molecule has 1 N–H and O–H groups in total. The number of amides is 1. The summed E-state index contributed by atoms with van der Waals surface area (Å²) in [5.41, 5.74) is 1.04. The highest BCUT2D eigenvalue weighted by molar-refractivity contribution is 6.36. The molecule has 0 bridgehead atoms. The van der Waals surface area contributed by atoms with E-state index in [0.29, 0.717) is 45.9 Å². The Kier molecular flexibility index (Phi) is 5.52. The number of halogens is 2. The number of nitrogens with one attached hydrogen (secondary N) is 1. The molecular weight excluding hydrogens is 461 g/mol. The van der Waals surface area contributed by atoms with E-state index in [1.54, 1.807) is 23.1 Å². The minimum atomic E-state index is -0.656. The fourth-order valence-corrected chi connectivity index (χ4v) is 4.57. The Hall–Kier alpha value is -3.79. The predicted octanol–water partition coefficient (Wildman–Crippen LogP) is 3.59. The lowest BCUT2D eigenvalue weighted by molar-refractivity contribution is -0.125. The lowest BCUT2D eigenvalue weighted by Gasteiger charge is -2.27. The number of aromatic amines is 1. The van der Waals surface area contributed by atoms with Crippen molar-refractivity contribution in [2.75, 3.05) is 32.1 Å². The van der Waals surface area contributed by atoms with E-state index >= 15 is 4.39 Å². The third-order valence-corrected chi connectivity index (χ3v) is 6.44. The molecule has 1 fully saturated rings. The van der Waals surface area contributed by atoms with Crippen molar-refractivity contribution in [2.24, 2.45) is 0 Å². The number of methoxy groups -OCH3 is 1. The van der Waals surface area contributed by atoms with Crippen LogP contribution in [0.1, 0.15) is 6.42 Å². The van der Waals surface area contributed by atoms with Crippen LogP contribution in [0.4, 0.5) is 10.2 Å². The summed E-state index contributed by atoms with van der Waals surface area (Å²) in [6, 6.07) is 5.29. The van der Waals surface area contributed by atoms with Gasteiger partial charge in [0.1, 0.15) is 22.7 Å². The van der Waals surface area contributed by atoms with Crippen LogP contribution in [0.5, 0.6) is 6.01 Å². The Morgan fingerprint density at radius 3 is 2.97 bits per heavy atom. The highest BCUT2D eigenvalue weighted by Gasteiger charge is 2.30. The average Bonchev–Trinajstić information content (AvgIpc) is 3.51. The van der Waals surface area contributed by atoms with E-state index in [0.717, 1.165) is 6.42 Å². The number of fused-ring (bicyclic) bond motifs is 2. The summed E-state index contributed by atoms with van der Waals surface area (Å²) < 4.78 is 21.1. The highest BCUT2D eigenvalue weighted by atomic mass is 35.5. The zero-order valence-electron chi connectivity index (χ0n) is 18.5. The first-order valence-electron chi connectivity index (χ1n) is 10.6. The number of carbonyl (C=O) groups is 1. The molecule has 0 aliphatic carbocycles. The van der Waals surface area contributed by atoms with Gasteiger partial charge in [-0.1, -0.05) is 24.2 Å². The van der Waals surface area contributed by atoms with Crippen LogP contribution in [0.2, 0.25) is 5.02 Å². The number of pyridine rings is 1. The third-order valence-electron chi connectivity index (χ3n) is 6.12. The zero-order chi connectivity index (χ0) is 24.0. The molecule has 3 aromatic heterocycles. The average molecular weight is 482 g/mol. The van der Waals surface area contributed by atoms with Crippen LogP contribution in [-0.4, -0.2) is 69.2 Å². The summed E-state index contributed by atoms with van der Waals surface area (Å²) in [4.78, 5) is 28.8. The molecule has 174 valence electrons. The molecule has 9 nitrogen and oxygen atoms in total. The van der Waals surface area contributed by atoms with Crippen LogP contribution < -0.4 is 9.64 Å². The molecule has 1 aromatic carbocycles. The third kappa shape index (κ3) is 3.50. The number of nitrogens with zero attached hydrogens (tertiary/aromatic N) is 6. The molecule has 1 aliphatic heterocycles. The largest absolute Gasteiger partial charge is 0.467 e. The van der Waals surface area contributed by atoms with Gasteiger partial charge >= 0.3 is 6.01 Å². The summed E-state index contributed by atoms with van der Waals surface area (Å²) in [6.45, 7) is 4.65. The van der Waals surface area contributed by atoms with Crippen molar-refractivity contribution in [3.05, 3.63) is 47.9 Å². The van der Waals surface area contributed by atoms with E-state index in [1.807, 2.05) is 11.9 Å². The number of benzene rings is 1. The van der Waals surface area contributed by atoms with Crippen molar-refractivity contribution in [2.45, 2.75) is 12.5 Å². The standard InChI is InChI=1S/C23H21ClFN7O2/c1-4-16(33)32-9-8-12(11-32)31(2)22-13-10-26-21(18(25)19(13)27-23(28-22)34-3)20-17-14(24)6-5-7-15(17)29-30-20/h4-7,10,12H,1,8-9,11H2,2-3H3,(H,29,30). The molecule has 0 radical (unpaired) electrons. The Morgan fingerprint density at radius 2 is 2.21 bits per heavy atom. The van der Waals surface area contributed by atoms with Crippen LogP contribution in [0.25, 0.3) is 33.2 Å². The zero-order valence-corrected chi connectivity index (χ0v) is 19.3. The van der Waals surface area contributed by atoms with Gasteiger partial charge in [-0.25, -0.2) is 4.39 Å². The molecule has 0 saturated carbocycles. The minimum absolute atomic E-state index is 0.0184.